The van der Waals surface area contributed by atoms with Gasteiger partial charge in [-0.25, -0.2) is 0 Å². The van der Waals surface area contributed by atoms with E-state index in [1.54, 1.807) is 24.3 Å². The lowest BCUT2D eigenvalue weighted by molar-refractivity contribution is 0.112. The zero-order chi connectivity index (χ0) is 13.8. The van der Waals surface area contributed by atoms with Gasteiger partial charge in [-0.15, -0.1) is 0 Å². The lowest BCUT2D eigenvalue weighted by Gasteiger charge is -2.16. The Bertz CT molecular complexity index is 307. The van der Waals surface area contributed by atoms with Gasteiger partial charge in [-0.2, -0.15) is 0 Å². The van der Waals surface area contributed by atoms with E-state index in [0.29, 0.717) is 11.3 Å². The van der Waals surface area contributed by atoms with E-state index in [0.717, 1.165) is 25.9 Å². The molecule has 1 aromatic carbocycles. The van der Waals surface area contributed by atoms with Crippen LogP contribution in [0.3, 0.4) is 0 Å². The van der Waals surface area contributed by atoms with Crippen LogP contribution in [0.25, 0.3) is 0 Å². The largest absolute Gasteiger partial charge is 0.399 e. The standard InChI is InChI=1S/C7H18N2.C7H7NO/c1-4-9(5-2)7-6-8-3;8-7-3-1-6(5-9)2-4-7/h8H,4-7H2,1-3H3;1-5H,8H2. The third kappa shape index (κ3) is 7.81. The van der Waals surface area contributed by atoms with Gasteiger partial charge in [-0.1, -0.05) is 13.8 Å². The molecule has 4 heteroatoms. The first kappa shape index (κ1) is 16.6. The number of nitrogen functional groups attached to an aromatic ring is 1. The van der Waals surface area contributed by atoms with Gasteiger partial charge < -0.3 is 16.0 Å². The highest BCUT2D eigenvalue weighted by Crippen LogP contribution is 2.01. The summed E-state index contributed by atoms with van der Waals surface area (Å²) >= 11 is 0. The molecule has 0 radical (unpaired) electrons. The minimum absolute atomic E-state index is 0.657. The number of benzene rings is 1. The van der Waals surface area contributed by atoms with E-state index in [1.165, 1.54) is 6.54 Å². The van der Waals surface area contributed by atoms with Crippen molar-refractivity contribution in [2.75, 3.05) is 39.0 Å². The highest BCUT2D eigenvalue weighted by Gasteiger charge is 1.94. The molecule has 0 saturated carbocycles. The van der Waals surface area contributed by atoms with Crippen LogP contribution in [0.2, 0.25) is 0 Å². The van der Waals surface area contributed by atoms with E-state index in [9.17, 15) is 4.79 Å². The van der Waals surface area contributed by atoms with Gasteiger partial charge in [-0.05, 0) is 44.4 Å². The molecular formula is C14H25N3O. The Balaban J connectivity index is 0.000000321. The molecular weight excluding hydrogens is 226 g/mol. The second-order valence-electron chi connectivity index (χ2n) is 3.91. The second kappa shape index (κ2) is 10.7. The van der Waals surface area contributed by atoms with Gasteiger partial charge in [0.1, 0.15) is 6.29 Å². The smallest absolute Gasteiger partial charge is 0.150 e. The van der Waals surface area contributed by atoms with Gasteiger partial charge in [0, 0.05) is 24.3 Å². The molecule has 1 rings (SSSR count). The summed E-state index contributed by atoms with van der Waals surface area (Å²) in [5, 5.41) is 3.13. The molecule has 0 unspecified atom stereocenters. The number of carbonyl (C=O) groups excluding carboxylic acids is 1. The predicted octanol–water partition coefficient (Wildman–Crippen LogP) is 1.63. The summed E-state index contributed by atoms with van der Waals surface area (Å²) < 4.78 is 0. The molecule has 0 aliphatic heterocycles. The Hall–Kier alpha value is -1.39. The van der Waals surface area contributed by atoms with Crippen molar-refractivity contribution in [2.45, 2.75) is 13.8 Å². The van der Waals surface area contributed by atoms with Crippen molar-refractivity contribution < 1.29 is 4.79 Å². The van der Waals surface area contributed by atoms with Crippen LogP contribution in [0.1, 0.15) is 24.2 Å². The van der Waals surface area contributed by atoms with Crippen molar-refractivity contribution in [3.8, 4) is 0 Å². The second-order valence-corrected chi connectivity index (χ2v) is 3.91. The molecule has 4 nitrogen and oxygen atoms in total. The first-order valence-corrected chi connectivity index (χ1v) is 6.35. The van der Waals surface area contributed by atoms with E-state index < -0.39 is 0 Å². The van der Waals surface area contributed by atoms with Crippen molar-refractivity contribution in [3.05, 3.63) is 29.8 Å². The summed E-state index contributed by atoms with van der Waals surface area (Å²) in [6.45, 7) is 8.99. The summed E-state index contributed by atoms with van der Waals surface area (Å²) in [7, 11) is 1.99. The van der Waals surface area contributed by atoms with Crippen LogP contribution in [0.4, 0.5) is 5.69 Å². The molecule has 0 bridgehead atoms. The average Bonchev–Trinajstić information content (AvgIpc) is 2.42. The van der Waals surface area contributed by atoms with Gasteiger partial charge in [0.05, 0.1) is 0 Å². The highest BCUT2D eigenvalue weighted by atomic mass is 16.1. The fourth-order valence-electron chi connectivity index (χ4n) is 1.38. The summed E-state index contributed by atoms with van der Waals surface area (Å²) in [4.78, 5) is 12.5. The van der Waals surface area contributed by atoms with Gasteiger partial charge in [0.2, 0.25) is 0 Å². The Labute approximate surface area is 110 Å². The van der Waals surface area contributed by atoms with Gasteiger partial charge in [-0.3, -0.25) is 4.79 Å². The lowest BCUT2D eigenvalue weighted by atomic mass is 10.2. The van der Waals surface area contributed by atoms with Crippen LogP contribution in [0.5, 0.6) is 0 Å². The summed E-state index contributed by atoms with van der Waals surface area (Å²) in [5.74, 6) is 0. The highest BCUT2D eigenvalue weighted by molar-refractivity contribution is 5.75. The maximum atomic E-state index is 10.1. The molecule has 0 heterocycles. The number of aldehydes is 1. The number of nitrogens with two attached hydrogens (primary N) is 1. The van der Waals surface area contributed by atoms with E-state index >= 15 is 0 Å². The normalized spacial score (nSPS) is 9.78. The number of likely N-dealkylation sites (N-methyl/N-ethyl adjacent to an activating group) is 2. The first-order chi connectivity index (χ1) is 8.67. The zero-order valence-electron chi connectivity index (χ0n) is 11.6. The molecule has 0 saturated heterocycles. The number of anilines is 1. The van der Waals surface area contributed by atoms with Crippen LogP contribution in [-0.2, 0) is 0 Å². The molecule has 1 aromatic rings. The minimum Gasteiger partial charge on any atom is -0.399 e. The number of hydrogen-bond donors (Lipinski definition) is 2. The number of carbonyl (C=O) groups is 1. The lowest BCUT2D eigenvalue weighted by Crippen LogP contribution is -2.30. The molecule has 18 heavy (non-hydrogen) atoms. The predicted molar refractivity (Wildman–Crippen MR) is 78.0 cm³/mol. The molecule has 102 valence electrons. The van der Waals surface area contributed by atoms with Crippen LogP contribution in [-0.4, -0.2) is 44.4 Å². The van der Waals surface area contributed by atoms with Crippen LogP contribution in [0, 0.1) is 0 Å². The summed E-state index contributed by atoms with van der Waals surface area (Å²) in [6, 6.07) is 6.76. The number of nitrogens with one attached hydrogen (secondary N) is 1. The van der Waals surface area contributed by atoms with Crippen molar-refractivity contribution >= 4 is 12.0 Å². The Morgan fingerprint density at radius 3 is 2.17 bits per heavy atom. The summed E-state index contributed by atoms with van der Waals surface area (Å²) in [5.41, 5.74) is 6.70. The van der Waals surface area contributed by atoms with Crippen LogP contribution in [0.15, 0.2) is 24.3 Å². The van der Waals surface area contributed by atoms with Gasteiger partial charge >= 0.3 is 0 Å². The van der Waals surface area contributed by atoms with Crippen LogP contribution < -0.4 is 11.1 Å². The topological polar surface area (TPSA) is 58.4 Å². The fraction of sp³-hybridized carbons (Fsp3) is 0.500. The number of rotatable bonds is 6. The SMILES string of the molecule is CCN(CC)CCNC.Nc1ccc(C=O)cc1. The molecule has 0 aliphatic rings. The monoisotopic (exact) mass is 251 g/mol. The Morgan fingerprint density at radius 1 is 1.22 bits per heavy atom. The van der Waals surface area contributed by atoms with E-state index in [1.807, 2.05) is 7.05 Å². The van der Waals surface area contributed by atoms with Crippen molar-refractivity contribution in [1.29, 1.82) is 0 Å². The Morgan fingerprint density at radius 2 is 1.78 bits per heavy atom. The third-order valence-corrected chi connectivity index (χ3v) is 2.65. The molecule has 0 atom stereocenters. The van der Waals surface area contributed by atoms with E-state index in [4.69, 9.17) is 5.73 Å². The quantitative estimate of drug-likeness (QED) is 0.596. The maximum absolute atomic E-state index is 10.1. The maximum Gasteiger partial charge on any atom is 0.150 e. The molecule has 0 aliphatic carbocycles. The average molecular weight is 251 g/mol. The van der Waals surface area contributed by atoms with Gasteiger partial charge in [0.25, 0.3) is 0 Å². The fourth-order valence-corrected chi connectivity index (χ4v) is 1.38. The molecule has 3 N–H and O–H groups in total. The number of hydrogen-bond acceptors (Lipinski definition) is 4. The van der Waals surface area contributed by atoms with E-state index in [-0.39, 0.29) is 0 Å². The molecule has 0 aromatic heterocycles. The molecule has 0 amide bonds. The number of nitrogens with zero attached hydrogens (tertiary/aromatic N) is 1. The molecule has 0 spiro atoms. The molecule has 0 fully saturated rings. The van der Waals surface area contributed by atoms with Crippen molar-refractivity contribution in [2.24, 2.45) is 0 Å². The van der Waals surface area contributed by atoms with Gasteiger partial charge in [0.15, 0.2) is 0 Å². The zero-order valence-corrected chi connectivity index (χ0v) is 11.6. The van der Waals surface area contributed by atoms with Crippen LogP contribution >= 0.6 is 0 Å². The van der Waals surface area contributed by atoms with Crippen molar-refractivity contribution in [1.82, 2.24) is 10.2 Å². The summed E-state index contributed by atoms with van der Waals surface area (Å²) in [6.07, 6.45) is 0.791. The first-order valence-electron chi connectivity index (χ1n) is 6.35. The van der Waals surface area contributed by atoms with E-state index in [2.05, 4.69) is 24.1 Å². The minimum atomic E-state index is 0.657. The third-order valence-electron chi connectivity index (χ3n) is 2.65. The van der Waals surface area contributed by atoms with Crippen molar-refractivity contribution in [3.63, 3.8) is 0 Å². The Kier molecular flexibility index (Phi) is 9.91.